The monoisotopic (exact) mass is 266 g/mol. The van der Waals surface area contributed by atoms with Crippen molar-refractivity contribution in [2.75, 3.05) is 30.9 Å². The topological polar surface area (TPSA) is 50.3 Å². The highest BCUT2D eigenvalue weighted by atomic mass is 16.5. The van der Waals surface area contributed by atoms with E-state index in [1.54, 1.807) is 0 Å². The number of hydrogen-bond acceptors (Lipinski definition) is 5. The van der Waals surface area contributed by atoms with Crippen molar-refractivity contribution in [2.24, 2.45) is 0 Å². The normalized spacial score (nSPS) is 12.3. The lowest BCUT2D eigenvalue weighted by molar-refractivity contribution is 0.128. The molecule has 0 amide bonds. The van der Waals surface area contributed by atoms with Crippen molar-refractivity contribution in [1.29, 1.82) is 0 Å². The highest BCUT2D eigenvalue weighted by Crippen LogP contribution is 2.18. The van der Waals surface area contributed by atoms with Gasteiger partial charge >= 0.3 is 0 Å². The first-order chi connectivity index (χ1) is 9.12. The van der Waals surface area contributed by atoms with Crippen LogP contribution in [0.2, 0.25) is 0 Å². The van der Waals surface area contributed by atoms with Gasteiger partial charge in [-0.3, -0.25) is 0 Å². The van der Waals surface area contributed by atoms with E-state index in [-0.39, 0.29) is 0 Å². The zero-order chi connectivity index (χ0) is 14.3. The number of anilines is 2. The molecule has 5 heteroatoms. The Labute approximate surface area is 116 Å². The zero-order valence-corrected chi connectivity index (χ0v) is 12.7. The predicted molar refractivity (Wildman–Crippen MR) is 79.7 cm³/mol. The van der Waals surface area contributed by atoms with E-state index in [1.807, 2.05) is 20.0 Å². The molecule has 0 saturated heterocycles. The van der Waals surface area contributed by atoms with E-state index in [9.17, 15) is 0 Å². The Bertz CT molecular complexity index is 384. The molecule has 0 aromatic carbocycles. The summed E-state index contributed by atoms with van der Waals surface area (Å²) in [5.74, 6) is 2.49. The van der Waals surface area contributed by atoms with E-state index in [0.717, 1.165) is 23.9 Å². The second-order valence-electron chi connectivity index (χ2n) is 4.66. The minimum Gasteiger partial charge on any atom is -0.374 e. The number of hydrogen-bond donors (Lipinski definition) is 1. The van der Waals surface area contributed by atoms with Crippen LogP contribution in [0.1, 0.15) is 39.4 Å². The maximum Gasteiger partial charge on any atom is 0.158 e. The predicted octanol–water partition coefficient (Wildman–Crippen LogP) is 2.68. The Morgan fingerprint density at radius 2 is 2.11 bits per heavy atom. The van der Waals surface area contributed by atoms with Gasteiger partial charge in [-0.1, -0.05) is 13.3 Å². The molecule has 19 heavy (non-hydrogen) atoms. The average molecular weight is 266 g/mol. The SMILES string of the molecule is CCCC(C)N(C)c1cc(NC)nc(COCC)n1. The highest BCUT2D eigenvalue weighted by Gasteiger charge is 2.13. The average Bonchev–Trinajstić information content (AvgIpc) is 2.44. The van der Waals surface area contributed by atoms with Gasteiger partial charge in [-0.05, 0) is 20.3 Å². The number of rotatable bonds is 8. The third kappa shape index (κ3) is 4.67. The lowest BCUT2D eigenvalue weighted by atomic mass is 10.2. The Hall–Kier alpha value is -1.36. The van der Waals surface area contributed by atoms with Crippen LogP contribution in [0.4, 0.5) is 11.6 Å². The lowest BCUT2D eigenvalue weighted by Crippen LogP contribution is -2.29. The summed E-state index contributed by atoms with van der Waals surface area (Å²) in [6.07, 6.45) is 2.32. The van der Waals surface area contributed by atoms with Crippen molar-refractivity contribution >= 4 is 11.6 Å². The maximum absolute atomic E-state index is 5.39. The van der Waals surface area contributed by atoms with Gasteiger partial charge in [0.2, 0.25) is 0 Å². The van der Waals surface area contributed by atoms with Gasteiger partial charge in [0.1, 0.15) is 18.2 Å². The summed E-state index contributed by atoms with van der Waals surface area (Å²) in [6.45, 7) is 7.51. The van der Waals surface area contributed by atoms with Crippen molar-refractivity contribution < 1.29 is 4.74 Å². The van der Waals surface area contributed by atoms with Gasteiger partial charge in [-0.25, -0.2) is 9.97 Å². The summed E-state index contributed by atoms with van der Waals surface area (Å²) in [7, 11) is 3.94. The van der Waals surface area contributed by atoms with E-state index < -0.39 is 0 Å². The van der Waals surface area contributed by atoms with Crippen molar-refractivity contribution in [3.63, 3.8) is 0 Å². The zero-order valence-electron chi connectivity index (χ0n) is 12.7. The Kier molecular flexibility index (Phi) is 6.56. The van der Waals surface area contributed by atoms with Crippen LogP contribution >= 0.6 is 0 Å². The summed E-state index contributed by atoms with van der Waals surface area (Å²) < 4.78 is 5.39. The molecule has 0 bridgehead atoms. The molecule has 1 N–H and O–H groups in total. The van der Waals surface area contributed by atoms with Crippen molar-refractivity contribution in [1.82, 2.24) is 9.97 Å². The summed E-state index contributed by atoms with van der Waals surface area (Å²) in [5, 5.41) is 3.08. The largest absolute Gasteiger partial charge is 0.374 e. The van der Waals surface area contributed by atoms with Crippen molar-refractivity contribution in [2.45, 2.75) is 46.3 Å². The highest BCUT2D eigenvalue weighted by molar-refractivity contribution is 5.49. The molecule has 1 aromatic rings. The number of nitrogens with zero attached hydrogens (tertiary/aromatic N) is 3. The number of nitrogens with one attached hydrogen (secondary N) is 1. The third-order valence-electron chi connectivity index (χ3n) is 3.18. The van der Waals surface area contributed by atoms with Crippen LogP contribution in [0.3, 0.4) is 0 Å². The third-order valence-corrected chi connectivity index (χ3v) is 3.18. The molecule has 108 valence electrons. The molecule has 1 atom stereocenters. The van der Waals surface area contributed by atoms with Crippen LogP contribution in [0.25, 0.3) is 0 Å². The Balaban J connectivity index is 2.91. The van der Waals surface area contributed by atoms with Crippen LogP contribution in [-0.4, -0.2) is 36.7 Å². The number of aromatic nitrogens is 2. The maximum atomic E-state index is 5.39. The summed E-state index contributed by atoms with van der Waals surface area (Å²) in [4.78, 5) is 11.2. The second kappa shape index (κ2) is 7.94. The Morgan fingerprint density at radius 3 is 2.68 bits per heavy atom. The second-order valence-corrected chi connectivity index (χ2v) is 4.66. The minimum atomic E-state index is 0.453. The molecule has 1 heterocycles. The van der Waals surface area contributed by atoms with E-state index >= 15 is 0 Å². The first-order valence-electron chi connectivity index (χ1n) is 6.98. The fourth-order valence-electron chi connectivity index (χ4n) is 1.89. The van der Waals surface area contributed by atoms with Gasteiger partial charge < -0.3 is 15.0 Å². The molecular weight excluding hydrogens is 240 g/mol. The smallest absolute Gasteiger partial charge is 0.158 e. The standard InChI is InChI=1S/C14H26N4O/c1-6-8-11(3)18(5)14-9-12(15-4)16-13(17-14)10-19-7-2/h9,11H,6-8,10H2,1-5H3,(H,15,16,17). The molecule has 0 fully saturated rings. The molecule has 0 spiro atoms. The Morgan fingerprint density at radius 1 is 1.37 bits per heavy atom. The van der Waals surface area contributed by atoms with Gasteiger partial charge in [0, 0.05) is 32.8 Å². The van der Waals surface area contributed by atoms with E-state index in [0.29, 0.717) is 19.3 Å². The van der Waals surface area contributed by atoms with E-state index in [4.69, 9.17) is 4.74 Å². The van der Waals surface area contributed by atoms with Crippen LogP contribution in [0.15, 0.2) is 6.07 Å². The van der Waals surface area contributed by atoms with Crippen molar-refractivity contribution in [3.05, 3.63) is 11.9 Å². The molecule has 0 aliphatic rings. The molecule has 1 rings (SSSR count). The minimum absolute atomic E-state index is 0.453. The molecule has 0 aliphatic heterocycles. The fourth-order valence-corrected chi connectivity index (χ4v) is 1.89. The summed E-state index contributed by atoms with van der Waals surface area (Å²) >= 11 is 0. The molecule has 0 radical (unpaired) electrons. The van der Waals surface area contributed by atoms with Crippen LogP contribution in [0, 0.1) is 0 Å². The first kappa shape index (κ1) is 15.7. The van der Waals surface area contributed by atoms with E-state index in [2.05, 4.69) is 41.1 Å². The molecule has 1 unspecified atom stereocenters. The number of ether oxygens (including phenoxy) is 1. The van der Waals surface area contributed by atoms with Gasteiger partial charge in [0.25, 0.3) is 0 Å². The molecule has 1 aromatic heterocycles. The van der Waals surface area contributed by atoms with Crippen LogP contribution in [-0.2, 0) is 11.3 Å². The van der Waals surface area contributed by atoms with Gasteiger partial charge in [-0.15, -0.1) is 0 Å². The quantitative estimate of drug-likeness (QED) is 0.784. The van der Waals surface area contributed by atoms with Gasteiger partial charge in [0.05, 0.1) is 0 Å². The van der Waals surface area contributed by atoms with Gasteiger partial charge in [0.15, 0.2) is 5.82 Å². The van der Waals surface area contributed by atoms with E-state index in [1.165, 1.54) is 6.42 Å². The first-order valence-corrected chi connectivity index (χ1v) is 6.98. The van der Waals surface area contributed by atoms with Crippen LogP contribution in [0.5, 0.6) is 0 Å². The molecular formula is C14H26N4O. The molecule has 0 saturated carbocycles. The summed E-state index contributed by atoms with van der Waals surface area (Å²) in [6, 6.07) is 2.44. The van der Waals surface area contributed by atoms with Crippen LogP contribution < -0.4 is 10.2 Å². The van der Waals surface area contributed by atoms with Crippen molar-refractivity contribution in [3.8, 4) is 0 Å². The molecule has 5 nitrogen and oxygen atoms in total. The molecule has 0 aliphatic carbocycles. The summed E-state index contributed by atoms with van der Waals surface area (Å²) in [5.41, 5.74) is 0. The fraction of sp³-hybridized carbons (Fsp3) is 0.714. The van der Waals surface area contributed by atoms with Gasteiger partial charge in [-0.2, -0.15) is 0 Å². The lowest BCUT2D eigenvalue weighted by Gasteiger charge is -2.26.